The molecule has 1 nitrogen and oxygen atoms in total. The highest BCUT2D eigenvalue weighted by Crippen LogP contribution is 2.34. The monoisotopic (exact) mass is 466 g/mol. The van der Waals surface area contributed by atoms with Gasteiger partial charge in [0.05, 0.1) is 5.56 Å². The average molecular weight is 466 g/mol. The Hall–Kier alpha value is -2.96. The zero-order chi connectivity index (χ0) is 24.0. The first-order chi connectivity index (χ1) is 15.7. The minimum Gasteiger partial charge on any atom is -0.429 e. The Labute approximate surface area is 189 Å². The van der Waals surface area contributed by atoms with Crippen LogP contribution in [0.2, 0.25) is 0 Å². The summed E-state index contributed by atoms with van der Waals surface area (Å²) >= 11 is 0. The largest absolute Gasteiger partial charge is 0.429 e. The predicted molar refractivity (Wildman–Crippen MR) is 114 cm³/mol. The number of hydrogen-bond donors (Lipinski definition) is 0. The number of alkyl halides is 2. The van der Waals surface area contributed by atoms with E-state index in [-0.39, 0.29) is 17.7 Å². The molecule has 0 radical (unpaired) electrons. The van der Waals surface area contributed by atoms with Crippen LogP contribution in [0.15, 0.2) is 54.6 Å². The molecule has 0 aliphatic carbocycles. The van der Waals surface area contributed by atoms with Gasteiger partial charge in [-0.05, 0) is 78.8 Å². The molecule has 0 heterocycles. The molecule has 0 N–H and O–H groups in total. The molecule has 3 aromatic carbocycles. The van der Waals surface area contributed by atoms with Crippen molar-refractivity contribution < 1.29 is 31.1 Å². The summed E-state index contributed by atoms with van der Waals surface area (Å²) in [5.74, 6) is -5.24. The quantitative estimate of drug-likeness (QED) is 0.168. The van der Waals surface area contributed by atoms with E-state index in [0.29, 0.717) is 24.0 Å². The normalized spacial score (nSPS) is 11.6. The highest BCUT2D eigenvalue weighted by molar-refractivity contribution is 5.31. The molecule has 0 amide bonds. The van der Waals surface area contributed by atoms with Gasteiger partial charge in [-0.15, -0.1) is 0 Å². The molecule has 0 spiro atoms. The fraction of sp³-hybridized carbons (Fsp3) is 0.308. The van der Waals surface area contributed by atoms with Crippen molar-refractivity contribution in [1.82, 2.24) is 0 Å². The summed E-state index contributed by atoms with van der Waals surface area (Å²) in [7, 11) is 0. The highest BCUT2D eigenvalue weighted by Gasteiger charge is 2.37. The van der Waals surface area contributed by atoms with Gasteiger partial charge < -0.3 is 4.74 Å². The van der Waals surface area contributed by atoms with E-state index in [1.165, 1.54) is 30.3 Å². The average Bonchev–Trinajstić information content (AvgIpc) is 2.76. The number of unbranched alkanes of at least 4 members (excludes halogenated alkanes) is 2. The van der Waals surface area contributed by atoms with Crippen molar-refractivity contribution in [3.63, 3.8) is 0 Å². The third-order valence-corrected chi connectivity index (χ3v) is 5.33. The molecule has 0 saturated carbocycles. The van der Waals surface area contributed by atoms with Crippen LogP contribution in [0.4, 0.5) is 26.3 Å². The Balaban J connectivity index is 1.62. The summed E-state index contributed by atoms with van der Waals surface area (Å²) in [5.41, 5.74) is 0.780. The van der Waals surface area contributed by atoms with E-state index < -0.39 is 34.9 Å². The Morgan fingerprint density at radius 2 is 1.24 bits per heavy atom. The van der Waals surface area contributed by atoms with Gasteiger partial charge >= 0.3 is 6.11 Å². The smallest absolute Gasteiger partial charge is 0.429 e. The maximum atomic E-state index is 14.6. The molecule has 0 atom stereocenters. The number of aryl methyl sites for hydroxylation is 3. The lowest BCUT2D eigenvalue weighted by Gasteiger charge is -2.19. The van der Waals surface area contributed by atoms with Crippen molar-refractivity contribution in [2.75, 3.05) is 0 Å². The zero-order valence-corrected chi connectivity index (χ0v) is 18.1. The molecule has 0 aliphatic rings. The molecular weight excluding hydrogens is 442 g/mol. The van der Waals surface area contributed by atoms with Crippen LogP contribution in [-0.2, 0) is 25.4 Å². The summed E-state index contributed by atoms with van der Waals surface area (Å²) in [4.78, 5) is 0. The maximum absolute atomic E-state index is 14.6. The van der Waals surface area contributed by atoms with Crippen molar-refractivity contribution in [2.45, 2.75) is 51.6 Å². The molecule has 3 aromatic rings. The molecule has 176 valence electrons. The van der Waals surface area contributed by atoms with Crippen LogP contribution in [0.5, 0.6) is 5.75 Å². The van der Waals surface area contributed by atoms with E-state index in [4.69, 9.17) is 4.74 Å². The maximum Gasteiger partial charge on any atom is 0.429 e. The molecule has 0 fully saturated rings. The molecule has 0 unspecified atom stereocenters. The van der Waals surface area contributed by atoms with E-state index in [1.807, 2.05) is 6.92 Å². The minimum absolute atomic E-state index is 0.158. The van der Waals surface area contributed by atoms with Crippen molar-refractivity contribution in [2.24, 2.45) is 0 Å². The molecule has 3 rings (SSSR count). The van der Waals surface area contributed by atoms with Gasteiger partial charge in [-0.2, -0.15) is 8.78 Å². The molecule has 0 aliphatic heterocycles. The molecule has 0 aromatic heterocycles. The van der Waals surface area contributed by atoms with E-state index in [1.54, 1.807) is 0 Å². The van der Waals surface area contributed by atoms with Gasteiger partial charge in [-0.1, -0.05) is 38.0 Å². The molecule has 33 heavy (non-hydrogen) atoms. The number of hydrogen-bond acceptors (Lipinski definition) is 1. The van der Waals surface area contributed by atoms with E-state index in [2.05, 4.69) is 0 Å². The van der Waals surface area contributed by atoms with Crippen LogP contribution in [0, 0.1) is 23.3 Å². The van der Waals surface area contributed by atoms with Crippen LogP contribution in [0.3, 0.4) is 0 Å². The molecule has 0 bridgehead atoms. The first kappa shape index (κ1) is 24.7. The Kier molecular flexibility index (Phi) is 8.06. The van der Waals surface area contributed by atoms with Crippen molar-refractivity contribution >= 4 is 0 Å². The second kappa shape index (κ2) is 10.8. The molecule has 0 saturated heterocycles. The summed E-state index contributed by atoms with van der Waals surface area (Å²) in [5, 5.41) is 0. The lowest BCUT2D eigenvalue weighted by Crippen LogP contribution is -2.23. The summed E-state index contributed by atoms with van der Waals surface area (Å²) < 4.78 is 87.8. The predicted octanol–water partition coefficient (Wildman–Crippen LogP) is 7.89. The standard InChI is InChI=1S/C26H24F6O/c1-2-3-4-5-18-10-13-21(22(27)14-18)26(31,32)33-20-11-8-17(9-12-20)6-7-19-15-23(28)25(30)24(29)16-19/h8-16H,2-7H2,1H3. The molecule has 7 heteroatoms. The Morgan fingerprint density at radius 3 is 1.85 bits per heavy atom. The SMILES string of the molecule is CCCCCc1ccc(C(F)(F)Oc2ccc(CCc3cc(F)c(F)c(F)c3)cc2)c(F)c1. The summed E-state index contributed by atoms with van der Waals surface area (Å²) in [6, 6.07) is 11.1. The summed E-state index contributed by atoms with van der Waals surface area (Å²) in [6.45, 7) is 2.04. The van der Waals surface area contributed by atoms with Crippen LogP contribution in [0.25, 0.3) is 0 Å². The second-order valence-corrected chi connectivity index (χ2v) is 7.91. The van der Waals surface area contributed by atoms with E-state index >= 15 is 0 Å². The zero-order valence-electron chi connectivity index (χ0n) is 18.1. The lowest BCUT2D eigenvalue weighted by atomic mass is 10.0. The fourth-order valence-corrected chi connectivity index (χ4v) is 3.50. The van der Waals surface area contributed by atoms with Crippen LogP contribution >= 0.6 is 0 Å². The summed E-state index contributed by atoms with van der Waals surface area (Å²) in [6.07, 6.45) is 0.174. The number of ether oxygens (including phenoxy) is 1. The van der Waals surface area contributed by atoms with Crippen LogP contribution < -0.4 is 4.74 Å². The van der Waals surface area contributed by atoms with Crippen LogP contribution in [-0.4, -0.2) is 0 Å². The van der Waals surface area contributed by atoms with Crippen molar-refractivity contribution in [3.05, 3.63) is 100 Å². The third kappa shape index (κ3) is 6.53. The Bertz CT molecular complexity index is 1060. The van der Waals surface area contributed by atoms with Crippen molar-refractivity contribution in [3.8, 4) is 5.75 Å². The van der Waals surface area contributed by atoms with Crippen molar-refractivity contribution in [1.29, 1.82) is 0 Å². The first-order valence-electron chi connectivity index (χ1n) is 10.8. The van der Waals surface area contributed by atoms with Gasteiger partial charge in [0.2, 0.25) is 0 Å². The van der Waals surface area contributed by atoms with Gasteiger partial charge in [0.15, 0.2) is 17.5 Å². The lowest BCUT2D eigenvalue weighted by molar-refractivity contribution is -0.187. The van der Waals surface area contributed by atoms with Gasteiger partial charge in [-0.3, -0.25) is 0 Å². The second-order valence-electron chi connectivity index (χ2n) is 7.91. The number of rotatable bonds is 10. The van der Waals surface area contributed by atoms with Crippen LogP contribution in [0.1, 0.15) is 48.4 Å². The molecular formula is C26H24F6O. The van der Waals surface area contributed by atoms with Gasteiger partial charge in [-0.25, -0.2) is 17.6 Å². The Morgan fingerprint density at radius 1 is 0.667 bits per heavy atom. The van der Waals surface area contributed by atoms with Gasteiger partial charge in [0.25, 0.3) is 0 Å². The number of benzene rings is 3. The minimum atomic E-state index is -3.86. The van der Waals surface area contributed by atoms with E-state index in [9.17, 15) is 26.3 Å². The third-order valence-electron chi connectivity index (χ3n) is 5.33. The highest BCUT2D eigenvalue weighted by atomic mass is 19.3. The number of halogens is 6. The van der Waals surface area contributed by atoms with E-state index in [0.717, 1.165) is 43.5 Å². The first-order valence-corrected chi connectivity index (χ1v) is 10.8. The van der Waals surface area contributed by atoms with Gasteiger partial charge in [0, 0.05) is 0 Å². The fourth-order valence-electron chi connectivity index (χ4n) is 3.50. The topological polar surface area (TPSA) is 9.23 Å². The van der Waals surface area contributed by atoms with Gasteiger partial charge in [0.1, 0.15) is 11.6 Å².